The maximum absolute atomic E-state index is 12.9. The van der Waals surface area contributed by atoms with Crippen molar-refractivity contribution >= 4 is 23.7 Å². The number of hydrogen-bond acceptors (Lipinski definition) is 6. The number of ether oxygens (including phenoxy) is 2. The summed E-state index contributed by atoms with van der Waals surface area (Å²) in [6.07, 6.45) is 3.22. The van der Waals surface area contributed by atoms with Crippen molar-refractivity contribution in [2.75, 3.05) is 19.5 Å². The first-order valence-electron chi connectivity index (χ1n) is 9.99. The molecule has 2 aromatic carbocycles. The van der Waals surface area contributed by atoms with E-state index in [0.717, 1.165) is 16.5 Å². The Hall–Kier alpha value is -3.33. The van der Waals surface area contributed by atoms with Gasteiger partial charge in [-0.3, -0.25) is 4.79 Å². The van der Waals surface area contributed by atoms with Gasteiger partial charge in [-0.05, 0) is 55.0 Å². The molecule has 1 amide bonds. The third kappa shape index (κ3) is 6.58. The predicted octanol–water partition coefficient (Wildman–Crippen LogP) is 4.02. The lowest BCUT2D eigenvalue weighted by molar-refractivity contribution is -0.117. The number of amides is 1. The Morgan fingerprint density at radius 1 is 1.16 bits per heavy atom. The van der Waals surface area contributed by atoms with Crippen LogP contribution in [-0.2, 0) is 11.8 Å². The van der Waals surface area contributed by atoms with Crippen molar-refractivity contribution in [1.82, 2.24) is 20.1 Å². The van der Waals surface area contributed by atoms with Crippen LogP contribution in [0, 0.1) is 5.82 Å². The van der Waals surface area contributed by atoms with Crippen molar-refractivity contribution in [2.24, 2.45) is 7.05 Å². The Balaban J connectivity index is 1.47. The van der Waals surface area contributed by atoms with Crippen molar-refractivity contribution in [3.63, 3.8) is 0 Å². The van der Waals surface area contributed by atoms with Crippen LogP contribution in [0.4, 0.5) is 4.39 Å². The summed E-state index contributed by atoms with van der Waals surface area (Å²) in [5.41, 5.74) is 0.897. The topological polar surface area (TPSA) is 78.3 Å². The fraction of sp³-hybridized carbons (Fsp3) is 0.261. The van der Waals surface area contributed by atoms with Gasteiger partial charge in [-0.2, -0.15) is 0 Å². The van der Waals surface area contributed by atoms with Crippen LogP contribution in [0.2, 0.25) is 0 Å². The molecular formula is C23H25FN4O3S. The first kappa shape index (κ1) is 23.3. The molecule has 3 rings (SSSR count). The molecule has 0 aliphatic heterocycles. The molecule has 0 saturated heterocycles. The molecule has 0 radical (unpaired) electrons. The zero-order chi connectivity index (χ0) is 22.9. The minimum atomic E-state index is -0.315. The number of aromatic nitrogens is 3. The van der Waals surface area contributed by atoms with Gasteiger partial charge in [0.25, 0.3) is 0 Å². The summed E-state index contributed by atoms with van der Waals surface area (Å²) in [6, 6.07) is 13.0. The standard InChI is InChI=1S/C23H25FN4O3S/c1-16(25-21(29)13-6-17-4-9-19(30-3)10-5-17)22-26-27-23(28(22)2)32-15-14-31-20-11-7-18(24)8-12-20/h4-13,16H,14-15H2,1-3H3,(H,25,29). The first-order chi connectivity index (χ1) is 15.5. The molecule has 1 N–H and O–H groups in total. The molecule has 1 unspecified atom stereocenters. The molecule has 1 atom stereocenters. The van der Waals surface area contributed by atoms with E-state index >= 15 is 0 Å². The van der Waals surface area contributed by atoms with E-state index in [1.165, 1.54) is 30.0 Å². The number of thioether (sulfide) groups is 1. The number of benzene rings is 2. The van der Waals surface area contributed by atoms with Gasteiger partial charge in [0.2, 0.25) is 5.91 Å². The highest BCUT2D eigenvalue weighted by Crippen LogP contribution is 2.20. The Morgan fingerprint density at radius 3 is 2.53 bits per heavy atom. The van der Waals surface area contributed by atoms with Crippen molar-refractivity contribution in [1.29, 1.82) is 0 Å². The summed E-state index contributed by atoms with van der Waals surface area (Å²) in [5, 5.41) is 12.0. The average molecular weight is 457 g/mol. The SMILES string of the molecule is COc1ccc(C=CC(=O)NC(C)c2nnc(SCCOc3ccc(F)cc3)n2C)cc1. The molecule has 1 heterocycles. The summed E-state index contributed by atoms with van der Waals surface area (Å²) in [7, 11) is 3.46. The summed E-state index contributed by atoms with van der Waals surface area (Å²) in [5.74, 6) is 2.16. The molecule has 3 aromatic rings. The van der Waals surface area contributed by atoms with Crippen molar-refractivity contribution < 1.29 is 18.7 Å². The van der Waals surface area contributed by atoms with E-state index in [1.54, 1.807) is 25.3 Å². The summed E-state index contributed by atoms with van der Waals surface area (Å²) >= 11 is 1.49. The maximum Gasteiger partial charge on any atom is 0.244 e. The highest BCUT2D eigenvalue weighted by Gasteiger charge is 2.16. The van der Waals surface area contributed by atoms with Crippen molar-refractivity contribution in [3.05, 3.63) is 71.8 Å². The fourth-order valence-corrected chi connectivity index (χ4v) is 3.60. The lowest BCUT2D eigenvalue weighted by Gasteiger charge is -2.12. The molecule has 0 saturated carbocycles. The zero-order valence-corrected chi connectivity index (χ0v) is 18.9. The molecule has 1 aromatic heterocycles. The summed E-state index contributed by atoms with van der Waals surface area (Å²) in [4.78, 5) is 12.3. The van der Waals surface area contributed by atoms with Gasteiger partial charge >= 0.3 is 0 Å². The molecule has 168 valence electrons. The minimum Gasteiger partial charge on any atom is -0.497 e. The quantitative estimate of drug-likeness (QED) is 0.282. The molecule has 0 aliphatic carbocycles. The van der Waals surface area contributed by atoms with Crippen molar-refractivity contribution in [2.45, 2.75) is 18.1 Å². The molecule has 9 heteroatoms. The number of methoxy groups -OCH3 is 1. The molecule has 0 spiro atoms. The summed E-state index contributed by atoms with van der Waals surface area (Å²) < 4.78 is 25.5. The van der Waals surface area contributed by atoms with Gasteiger partial charge in [-0.25, -0.2) is 4.39 Å². The number of carbonyl (C=O) groups is 1. The number of hydrogen-bond donors (Lipinski definition) is 1. The fourth-order valence-electron chi connectivity index (χ4n) is 2.87. The first-order valence-corrected chi connectivity index (χ1v) is 11.0. The normalized spacial score (nSPS) is 12.0. The Bertz CT molecular complexity index is 1050. The molecule has 0 bridgehead atoms. The van der Waals surface area contributed by atoms with Gasteiger partial charge in [0, 0.05) is 18.9 Å². The van der Waals surface area contributed by atoms with E-state index in [9.17, 15) is 9.18 Å². The lowest BCUT2D eigenvalue weighted by Crippen LogP contribution is -2.26. The van der Waals surface area contributed by atoms with Crippen LogP contribution in [0.1, 0.15) is 24.4 Å². The Morgan fingerprint density at radius 2 is 1.84 bits per heavy atom. The van der Waals surface area contributed by atoms with Gasteiger partial charge < -0.3 is 19.4 Å². The molecule has 0 fully saturated rings. The zero-order valence-electron chi connectivity index (χ0n) is 18.1. The van der Waals surface area contributed by atoms with Gasteiger partial charge in [-0.1, -0.05) is 23.9 Å². The molecule has 0 aliphatic rings. The van der Waals surface area contributed by atoms with E-state index in [1.807, 2.05) is 42.8 Å². The van der Waals surface area contributed by atoms with E-state index in [2.05, 4.69) is 15.5 Å². The van der Waals surface area contributed by atoms with Crippen LogP contribution >= 0.6 is 11.8 Å². The number of nitrogens with one attached hydrogen (secondary N) is 1. The molecule has 32 heavy (non-hydrogen) atoms. The number of halogens is 1. The van der Waals surface area contributed by atoms with E-state index < -0.39 is 0 Å². The highest BCUT2D eigenvalue weighted by atomic mass is 32.2. The smallest absolute Gasteiger partial charge is 0.244 e. The number of carbonyl (C=O) groups excluding carboxylic acids is 1. The molecular weight excluding hydrogens is 431 g/mol. The Labute approximate surface area is 190 Å². The third-order valence-electron chi connectivity index (χ3n) is 4.55. The average Bonchev–Trinajstić information content (AvgIpc) is 3.17. The van der Waals surface area contributed by atoms with Crippen molar-refractivity contribution in [3.8, 4) is 11.5 Å². The second-order valence-electron chi connectivity index (χ2n) is 6.89. The van der Waals surface area contributed by atoms with Crippen LogP contribution in [0.25, 0.3) is 6.08 Å². The number of nitrogens with zero attached hydrogens (tertiary/aromatic N) is 3. The third-order valence-corrected chi connectivity index (χ3v) is 5.54. The largest absolute Gasteiger partial charge is 0.497 e. The van der Waals surface area contributed by atoms with Gasteiger partial charge in [-0.15, -0.1) is 10.2 Å². The van der Waals surface area contributed by atoms with Crippen LogP contribution < -0.4 is 14.8 Å². The maximum atomic E-state index is 12.9. The summed E-state index contributed by atoms with van der Waals surface area (Å²) in [6.45, 7) is 2.30. The molecule has 7 nitrogen and oxygen atoms in total. The van der Waals surface area contributed by atoms with Crippen LogP contribution in [0.5, 0.6) is 11.5 Å². The second kappa shape index (κ2) is 11.3. The lowest BCUT2D eigenvalue weighted by atomic mass is 10.2. The van der Waals surface area contributed by atoms with Crippen LogP contribution in [0.3, 0.4) is 0 Å². The predicted molar refractivity (Wildman–Crippen MR) is 122 cm³/mol. The van der Waals surface area contributed by atoms with E-state index in [4.69, 9.17) is 9.47 Å². The highest BCUT2D eigenvalue weighted by molar-refractivity contribution is 7.99. The van der Waals surface area contributed by atoms with Crippen LogP contribution in [0.15, 0.2) is 59.8 Å². The number of rotatable bonds is 10. The van der Waals surface area contributed by atoms with Gasteiger partial charge in [0.05, 0.1) is 19.8 Å². The monoisotopic (exact) mass is 456 g/mol. The van der Waals surface area contributed by atoms with Gasteiger partial charge in [0.1, 0.15) is 17.3 Å². The van der Waals surface area contributed by atoms with E-state index in [0.29, 0.717) is 23.9 Å². The second-order valence-corrected chi connectivity index (χ2v) is 7.95. The van der Waals surface area contributed by atoms with Gasteiger partial charge in [0.15, 0.2) is 11.0 Å². The Kier molecular flexibility index (Phi) is 8.27. The van der Waals surface area contributed by atoms with E-state index in [-0.39, 0.29) is 17.8 Å². The minimum absolute atomic E-state index is 0.224. The van der Waals surface area contributed by atoms with Crippen LogP contribution in [-0.4, -0.2) is 40.1 Å².